The minimum Gasteiger partial charge on any atom is -0.381 e. The van der Waals surface area contributed by atoms with E-state index >= 15 is 4.39 Å². The summed E-state index contributed by atoms with van der Waals surface area (Å²) in [7, 11) is 0. The number of amides is 1. The Kier molecular flexibility index (Phi) is 4.52. The molecule has 0 bridgehead atoms. The van der Waals surface area contributed by atoms with Gasteiger partial charge in [0.15, 0.2) is 5.82 Å². The number of hydrogen-bond donors (Lipinski definition) is 0. The smallest absolute Gasteiger partial charge is 0.266 e. The van der Waals surface area contributed by atoms with Crippen LogP contribution in [0.15, 0.2) is 4.52 Å². The summed E-state index contributed by atoms with van der Waals surface area (Å²) in [5.41, 5.74) is -1.10. The van der Waals surface area contributed by atoms with Crippen LogP contribution in [0.5, 0.6) is 0 Å². The molecule has 26 heavy (non-hydrogen) atoms. The minimum atomic E-state index is -1.79. The van der Waals surface area contributed by atoms with Crippen molar-refractivity contribution in [1.29, 1.82) is 0 Å². The highest BCUT2D eigenvalue weighted by atomic mass is 32.1. The van der Waals surface area contributed by atoms with Crippen molar-refractivity contribution in [1.82, 2.24) is 20.0 Å². The Bertz CT molecular complexity index is 817. The molecule has 4 rings (SSSR count). The Hall–Kier alpha value is -1.87. The van der Waals surface area contributed by atoms with Crippen LogP contribution in [-0.4, -0.2) is 52.2 Å². The van der Waals surface area contributed by atoms with Gasteiger partial charge >= 0.3 is 0 Å². The highest BCUT2D eigenvalue weighted by molar-refractivity contribution is 7.13. The van der Waals surface area contributed by atoms with E-state index in [2.05, 4.69) is 15.1 Å². The molecule has 0 aromatic carbocycles. The number of thiazole rings is 1. The summed E-state index contributed by atoms with van der Waals surface area (Å²) in [4.78, 5) is 23.4. The summed E-state index contributed by atoms with van der Waals surface area (Å²) in [6, 6.07) is 0. The first-order valence-electron chi connectivity index (χ1n) is 8.80. The second kappa shape index (κ2) is 6.70. The maximum absolute atomic E-state index is 15.4. The van der Waals surface area contributed by atoms with Gasteiger partial charge in [-0.2, -0.15) is 4.98 Å². The highest BCUT2D eigenvalue weighted by Gasteiger charge is 2.47. The minimum absolute atomic E-state index is 0.0218. The molecule has 1 unspecified atom stereocenters. The van der Waals surface area contributed by atoms with E-state index in [1.54, 1.807) is 6.92 Å². The summed E-state index contributed by atoms with van der Waals surface area (Å²) in [5, 5.41) is 4.81. The zero-order valence-electron chi connectivity index (χ0n) is 14.8. The average molecular weight is 380 g/mol. The van der Waals surface area contributed by atoms with E-state index in [0.29, 0.717) is 36.2 Å². The van der Waals surface area contributed by atoms with Gasteiger partial charge in [-0.3, -0.25) is 4.79 Å². The van der Waals surface area contributed by atoms with Crippen LogP contribution in [0.25, 0.3) is 0 Å². The van der Waals surface area contributed by atoms with Crippen LogP contribution < -0.4 is 0 Å². The van der Waals surface area contributed by atoms with Crippen LogP contribution in [0.2, 0.25) is 0 Å². The molecule has 7 nitrogen and oxygen atoms in total. The van der Waals surface area contributed by atoms with Gasteiger partial charge in [-0.25, -0.2) is 9.37 Å². The van der Waals surface area contributed by atoms with Gasteiger partial charge in [-0.15, -0.1) is 11.3 Å². The first kappa shape index (κ1) is 17.5. The number of halogens is 1. The molecule has 2 aromatic rings. The Morgan fingerprint density at radius 1 is 1.31 bits per heavy atom. The van der Waals surface area contributed by atoms with E-state index < -0.39 is 5.67 Å². The third-order valence-electron chi connectivity index (χ3n) is 5.02. The number of aryl methyl sites for hydroxylation is 2. The molecule has 140 valence electrons. The molecule has 2 aliphatic rings. The lowest BCUT2D eigenvalue weighted by molar-refractivity contribution is 0.0720. The van der Waals surface area contributed by atoms with Gasteiger partial charge in [0, 0.05) is 32.1 Å². The number of carbonyl (C=O) groups is 1. The number of ether oxygens (including phenoxy) is 1. The second-order valence-electron chi connectivity index (χ2n) is 6.93. The fraction of sp³-hybridized carbons (Fsp3) is 0.647. The van der Waals surface area contributed by atoms with Crippen molar-refractivity contribution in [3.05, 3.63) is 27.3 Å². The molecule has 2 aromatic heterocycles. The molecule has 9 heteroatoms. The van der Waals surface area contributed by atoms with Crippen LogP contribution in [0.3, 0.4) is 0 Å². The lowest BCUT2D eigenvalue weighted by Crippen LogP contribution is -2.32. The van der Waals surface area contributed by atoms with Gasteiger partial charge in [-0.05, 0) is 26.7 Å². The van der Waals surface area contributed by atoms with E-state index in [-0.39, 0.29) is 30.7 Å². The zero-order valence-corrected chi connectivity index (χ0v) is 15.6. The quantitative estimate of drug-likeness (QED) is 0.814. The van der Waals surface area contributed by atoms with E-state index in [1.807, 2.05) is 6.92 Å². The van der Waals surface area contributed by atoms with Gasteiger partial charge in [-0.1, -0.05) is 5.16 Å². The normalized spacial score (nSPS) is 24.3. The number of likely N-dealkylation sites (tertiary alicyclic amines) is 1. The molecule has 2 saturated heterocycles. The number of hydrogen-bond acceptors (Lipinski definition) is 7. The fourth-order valence-electron chi connectivity index (χ4n) is 3.53. The average Bonchev–Trinajstić information content (AvgIpc) is 3.34. The van der Waals surface area contributed by atoms with E-state index in [9.17, 15) is 4.79 Å². The van der Waals surface area contributed by atoms with Crippen molar-refractivity contribution in [3.8, 4) is 0 Å². The van der Waals surface area contributed by atoms with Crippen molar-refractivity contribution in [2.24, 2.45) is 0 Å². The Morgan fingerprint density at radius 3 is 2.77 bits per heavy atom. The van der Waals surface area contributed by atoms with Gasteiger partial charge in [0.2, 0.25) is 5.67 Å². The zero-order chi connectivity index (χ0) is 18.3. The molecule has 0 N–H and O–H groups in total. The molecule has 2 aliphatic heterocycles. The topological polar surface area (TPSA) is 81.4 Å². The van der Waals surface area contributed by atoms with E-state index in [0.717, 1.165) is 17.8 Å². The number of aromatic nitrogens is 3. The number of rotatable bonds is 3. The molecular formula is C17H21FN4O3S. The van der Waals surface area contributed by atoms with Gasteiger partial charge in [0.1, 0.15) is 4.88 Å². The Balaban J connectivity index is 1.49. The maximum Gasteiger partial charge on any atom is 0.266 e. The summed E-state index contributed by atoms with van der Waals surface area (Å²) >= 11 is 1.34. The molecule has 0 aliphatic carbocycles. The molecule has 4 heterocycles. The van der Waals surface area contributed by atoms with Gasteiger partial charge < -0.3 is 14.2 Å². The monoisotopic (exact) mass is 380 g/mol. The predicted octanol–water partition coefficient (Wildman–Crippen LogP) is 2.75. The molecule has 0 radical (unpaired) electrons. The Labute approximate surface area is 154 Å². The largest absolute Gasteiger partial charge is 0.381 e. The SMILES string of the molecule is Cc1nc(C)c(C(=O)N2CCC(F)(c3nc(C4CCOCC4)no3)C2)s1. The van der Waals surface area contributed by atoms with Crippen molar-refractivity contribution >= 4 is 17.2 Å². The van der Waals surface area contributed by atoms with Crippen LogP contribution in [0, 0.1) is 13.8 Å². The van der Waals surface area contributed by atoms with Crippen LogP contribution in [0.1, 0.15) is 57.3 Å². The standard InChI is InChI=1S/C17H21FN4O3S/c1-10-13(26-11(2)19-10)15(23)22-6-5-17(18,9-22)16-20-14(21-25-16)12-3-7-24-8-4-12/h12H,3-9H2,1-2H3. The summed E-state index contributed by atoms with van der Waals surface area (Å²) < 4.78 is 26.0. The second-order valence-corrected chi connectivity index (χ2v) is 8.14. The van der Waals surface area contributed by atoms with Gasteiger partial charge in [0.25, 0.3) is 11.8 Å². The molecule has 0 spiro atoms. The molecular weight excluding hydrogens is 359 g/mol. The Morgan fingerprint density at radius 2 is 2.08 bits per heavy atom. The number of alkyl halides is 1. The number of nitrogens with zero attached hydrogens (tertiary/aromatic N) is 4. The lowest BCUT2D eigenvalue weighted by Gasteiger charge is -2.19. The fourth-order valence-corrected chi connectivity index (χ4v) is 4.42. The first-order valence-corrected chi connectivity index (χ1v) is 9.62. The summed E-state index contributed by atoms with van der Waals surface area (Å²) in [6.07, 6.45) is 1.78. The van der Waals surface area contributed by atoms with Crippen molar-refractivity contribution < 1.29 is 18.4 Å². The molecule has 2 fully saturated rings. The maximum atomic E-state index is 15.4. The summed E-state index contributed by atoms with van der Waals surface area (Å²) in [6.45, 7) is 5.22. The number of carbonyl (C=O) groups excluding carboxylic acids is 1. The third-order valence-corrected chi connectivity index (χ3v) is 6.08. The van der Waals surface area contributed by atoms with Crippen molar-refractivity contribution in [2.75, 3.05) is 26.3 Å². The van der Waals surface area contributed by atoms with Crippen LogP contribution in [0.4, 0.5) is 4.39 Å². The highest BCUT2D eigenvalue weighted by Crippen LogP contribution is 2.37. The van der Waals surface area contributed by atoms with E-state index in [4.69, 9.17) is 9.26 Å². The lowest BCUT2D eigenvalue weighted by atomic mass is 9.99. The first-order chi connectivity index (χ1) is 12.5. The molecule has 1 amide bonds. The van der Waals surface area contributed by atoms with Gasteiger partial charge in [0.05, 0.1) is 17.2 Å². The third kappa shape index (κ3) is 3.14. The van der Waals surface area contributed by atoms with Crippen LogP contribution >= 0.6 is 11.3 Å². The van der Waals surface area contributed by atoms with Crippen LogP contribution in [-0.2, 0) is 10.4 Å². The molecule has 0 saturated carbocycles. The summed E-state index contributed by atoms with van der Waals surface area (Å²) in [5.74, 6) is 0.481. The molecule has 1 atom stereocenters. The van der Waals surface area contributed by atoms with Crippen molar-refractivity contribution in [2.45, 2.75) is 44.7 Å². The van der Waals surface area contributed by atoms with E-state index in [1.165, 1.54) is 16.2 Å². The predicted molar refractivity (Wildman–Crippen MR) is 92.0 cm³/mol. The van der Waals surface area contributed by atoms with Crippen molar-refractivity contribution in [3.63, 3.8) is 0 Å².